The second-order valence-electron chi connectivity index (χ2n) is 5.41. The van der Waals surface area contributed by atoms with E-state index in [0.29, 0.717) is 5.56 Å². The molecule has 0 radical (unpaired) electrons. The highest BCUT2D eigenvalue weighted by Crippen LogP contribution is 2.46. The summed E-state index contributed by atoms with van der Waals surface area (Å²) in [6, 6.07) is 9.26. The molecule has 0 spiro atoms. The van der Waals surface area contributed by atoms with Crippen molar-refractivity contribution in [3.05, 3.63) is 59.2 Å². The van der Waals surface area contributed by atoms with Gasteiger partial charge in [-0.2, -0.15) is 0 Å². The molecule has 20 heavy (non-hydrogen) atoms. The minimum absolute atomic E-state index is 0.0674. The van der Waals surface area contributed by atoms with Gasteiger partial charge in [0.05, 0.1) is 6.42 Å². The second kappa shape index (κ2) is 5.08. The topological polar surface area (TPSA) is 54.4 Å². The van der Waals surface area contributed by atoms with Crippen LogP contribution < -0.4 is 0 Å². The molecule has 0 bridgehead atoms. The molecule has 2 aliphatic carbocycles. The van der Waals surface area contributed by atoms with E-state index in [1.807, 2.05) is 42.5 Å². The smallest absolute Gasteiger partial charge is 0.303 e. The zero-order valence-corrected chi connectivity index (χ0v) is 11.1. The molecule has 1 fully saturated rings. The average molecular weight is 268 g/mol. The highest BCUT2D eigenvalue weighted by Gasteiger charge is 2.38. The lowest BCUT2D eigenvalue weighted by Crippen LogP contribution is -2.11. The predicted molar refractivity (Wildman–Crippen MR) is 75.4 cm³/mol. The van der Waals surface area contributed by atoms with E-state index in [4.69, 9.17) is 5.11 Å². The van der Waals surface area contributed by atoms with Gasteiger partial charge in [0.15, 0.2) is 5.78 Å². The first kappa shape index (κ1) is 12.9. The third-order valence-corrected chi connectivity index (χ3v) is 4.23. The van der Waals surface area contributed by atoms with Crippen LogP contribution in [-0.2, 0) is 4.79 Å². The molecule has 1 saturated carbocycles. The van der Waals surface area contributed by atoms with Crippen molar-refractivity contribution in [1.82, 2.24) is 0 Å². The van der Waals surface area contributed by atoms with Crippen LogP contribution in [0.1, 0.15) is 29.6 Å². The Labute approximate surface area is 117 Å². The number of ketones is 1. The summed E-state index contributed by atoms with van der Waals surface area (Å²) in [5.74, 6) is -0.473. The number of aliphatic carboxylic acids is 1. The maximum absolute atomic E-state index is 12.5. The molecular formula is C17H16O3. The van der Waals surface area contributed by atoms with Gasteiger partial charge in [-0.15, -0.1) is 0 Å². The largest absolute Gasteiger partial charge is 0.481 e. The predicted octanol–water partition coefficient (Wildman–Crippen LogP) is 3.24. The second-order valence-corrected chi connectivity index (χ2v) is 5.41. The van der Waals surface area contributed by atoms with Gasteiger partial charge in [0.2, 0.25) is 0 Å². The van der Waals surface area contributed by atoms with Crippen LogP contribution in [0.3, 0.4) is 0 Å². The van der Waals surface area contributed by atoms with Crippen LogP contribution in [-0.4, -0.2) is 16.9 Å². The highest BCUT2D eigenvalue weighted by molar-refractivity contribution is 6.10. The standard InChI is InChI=1S/C17H16O3/c18-16(19)10-12-6-7-14-13(12)8-9-15(14)17(20)11-4-2-1-3-5-11/h1-5,8-9,12,14H,6-7,10H2,(H,18,19). The van der Waals surface area contributed by atoms with Gasteiger partial charge in [-0.3, -0.25) is 9.59 Å². The number of carboxylic acids is 1. The van der Waals surface area contributed by atoms with Crippen molar-refractivity contribution >= 4 is 11.8 Å². The zero-order valence-electron chi connectivity index (χ0n) is 11.1. The molecule has 0 amide bonds. The van der Waals surface area contributed by atoms with Crippen molar-refractivity contribution in [2.24, 2.45) is 11.8 Å². The molecule has 2 aliphatic rings. The van der Waals surface area contributed by atoms with E-state index in [1.165, 1.54) is 0 Å². The number of carboxylic acid groups (broad SMARTS) is 1. The van der Waals surface area contributed by atoms with E-state index < -0.39 is 5.97 Å². The maximum atomic E-state index is 12.5. The van der Waals surface area contributed by atoms with E-state index >= 15 is 0 Å². The summed E-state index contributed by atoms with van der Waals surface area (Å²) in [5.41, 5.74) is 2.65. The molecule has 3 rings (SSSR count). The van der Waals surface area contributed by atoms with E-state index in [1.54, 1.807) is 0 Å². The Morgan fingerprint density at radius 1 is 1.10 bits per heavy atom. The first-order valence-corrected chi connectivity index (χ1v) is 6.90. The van der Waals surface area contributed by atoms with Gasteiger partial charge in [-0.25, -0.2) is 0 Å². The number of carbonyl (C=O) groups is 2. The van der Waals surface area contributed by atoms with Crippen LogP contribution >= 0.6 is 0 Å². The Balaban J connectivity index is 1.77. The highest BCUT2D eigenvalue weighted by atomic mass is 16.4. The fourth-order valence-electron chi connectivity index (χ4n) is 3.30. The van der Waals surface area contributed by atoms with Crippen molar-refractivity contribution in [1.29, 1.82) is 0 Å². The normalized spacial score (nSPS) is 24.0. The number of hydrogen-bond acceptors (Lipinski definition) is 2. The van der Waals surface area contributed by atoms with Crippen LogP contribution in [0.15, 0.2) is 53.6 Å². The van der Waals surface area contributed by atoms with Crippen LogP contribution in [0.4, 0.5) is 0 Å². The Bertz CT molecular complexity index is 610. The van der Waals surface area contributed by atoms with Gasteiger partial charge >= 0.3 is 5.97 Å². The maximum Gasteiger partial charge on any atom is 0.303 e. The van der Waals surface area contributed by atoms with Crippen molar-refractivity contribution in [2.45, 2.75) is 19.3 Å². The lowest BCUT2D eigenvalue weighted by Gasteiger charge is -2.13. The molecule has 1 aromatic rings. The van der Waals surface area contributed by atoms with Gasteiger partial charge in [0.1, 0.15) is 0 Å². The fraction of sp³-hybridized carbons (Fsp3) is 0.294. The number of rotatable bonds is 4. The van der Waals surface area contributed by atoms with E-state index in [0.717, 1.165) is 24.0 Å². The molecule has 0 aliphatic heterocycles. The average Bonchev–Trinajstić information content (AvgIpc) is 3.02. The van der Waals surface area contributed by atoms with Crippen molar-refractivity contribution in [2.75, 3.05) is 0 Å². The van der Waals surface area contributed by atoms with Gasteiger partial charge in [0, 0.05) is 17.1 Å². The first-order chi connectivity index (χ1) is 9.66. The van der Waals surface area contributed by atoms with Gasteiger partial charge < -0.3 is 5.11 Å². The van der Waals surface area contributed by atoms with Crippen LogP contribution in [0, 0.1) is 11.8 Å². The van der Waals surface area contributed by atoms with Gasteiger partial charge in [0.25, 0.3) is 0 Å². The summed E-state index contributed by atoms with van der Waals surface area (Å²) in [5, 5.41) is 8.94. The molecule has 1 N–H and O–H groups in total. The monoisotopic (exact) mass is 268 g/mol. The summed E-state index contributed by atoms with van der Waals surface area (Å²) in [6.07, 6.45) is 5.75. The summed E-state index contributed by atoms with van der Waals surface area (Å²) in [7, 11) is 0. The van der Waals surface area contributed by atoms with E-state index in [9.17, 15) is 9.59 Å². The van der Waals surface area contributed by atoms with E-state index in [2.05, 4.69) is 0 Å². The Kier molecular flexibility index (Phi) is 3.26. The lowest BCUT2D eigenvalue weighted by atomic mass is 9.90. The van der Waals surface area contributed by atoms with Gasteiger partial charge in [-0.1, -0.05) is 48.1 Å². The molecule has 2 unspecified atom stereocenters. The number of hydrogen-bond donors (Lipinski definition) is 1. The number of benzene rings is 1. The third-order valence-electron chi connectivity index (χ3n) is 4.23. The molecule has 1 aromatic carbocycles. The minimum Gasteiger partial charge on any atom is -0.481 e. The lowest BCUT2D eigenvalue weighted by molar-refractivity contribution is -0.137. The van der Waals surface area contributed by atoms with Gasteiger partial charge in [-0.05, 0) is 18.8 Å². The molecule has 2 atom stereocenters. The molecule has 0 aromatic heterocycles. The Morgan fingerprint density at radius 3 is 2.55 bits per heavy atom. The minimum atomic E-state index is -0.764. The number of Topliss-reactive ketones (excluding diaryl/α,β-unsaturated/α-hetero) is 1. The molecule has 3 nitrogen and oxygen atoms in total. The molecule has 3 heteroatoms. The number of allylic oxidation sites excluding steroid dienone is 4. The third kappa shape index (κ3) is 2.20. The SMILES string of the molecule is O=C(O)CC1CCC2C(C(=O)c3ccccc3)=CC=C12. The Morgan fingerprint density at radius 2 is 1.85 bits per heavy atom. The first-order valence-electron chi connectivity index (χ1n) is 6.90. The molecule has 102 valence electrons. The summed E-state index contributed by atoms with van der Waals surface area (Å²) >= 11 is 0. The summed E-state index contributed by atoms with van der Waals surface area (Å²) in [4.78, 5) is 23.4. The number of fused-ring (bicyclic) bond motifs is 1. The van der Waals surface area contributed by atoms with Crippen molar-refractivity contribution in [3.63, 3.8) is 0 Å². The van der Waals surface area contributed by atoms with Crippen LogP contribution in [0.25, 0.3) is 0 Å². The van der Waals surface area contributed by atoms with Crippen molar-refractivity contribution < 1.29 is 14.7 Å². The van der Waals surface area contributed by atoms with Crippen LogP contribution in [0.2, 0.25) is 0 Å². The molecule has 0 saturated heterocycles. The fourth-order valence-corrected chi connectivity index (χ4v) is 3.30. The molecular weight excluding hydrogens is 252 g/mol. The van der Waals surface area contributed by atoms with Crippen molar-refractivity contribution in [3.8, 4) is 0 Å². The van der Waals surface area contributed by atoms with E-state index in [-0.39, 0.29) is 24.0 Å². The molecule has 0 heterocycles. The Hall–Kier alpha value is -2.16. The summed E-state index contributed by atoms with van der Waals surface area (Å²) < 4.78 is 0. The number of carbonyl (C=O) groups excluding carboxylic acids is 1. The zero-order chi connectivity index (χ0) is 14.1. The quantitative estimate of drug-likeness (QED) is 0.853. The van der Waals surface area contributed by atoms with Crippen LogP contribution in [0.5, 0.6) is 0 Å². The summed E-state index contributed by atoms with van der Waals surface area (Å²) in [6.45, 7) is 0.